The quantitative estimate of drug-likeness (QED) is 0.832. The van der Waals surface area contributed by atoms with E-state index in [9.17, 15) is 9.18 Å². The molecule has 2 rings (SSSR count). The van der Waals surface area contributed by atoms with Crippen molar-refractivity contribution in [2.45, 2.75) is 6.54 Å². The Morgan fingerprint density at radius 1 is 1.29 bits per heavy atom. The van der Waals surface area contributed by atoms with E-state index in [-0.39, 0.29) is 10.6 Å². The SMILES string of the molecule is O=c1ccc(Br)cn1Cc1ccc(F)c(Cl)c1. The monoisotopic (exact) mass is 315 g/mol. The first-order valence-corrected chi connectivity index (χ1v) is 6.03. The molecule has 17 heavy (non-hydrogen) atoms. The van der Waals surface area contributed by atoms with Gasteiger partial charge in [-0.15, -0.1) is 0 Å². The van der Waals surface area contributed by atoms with E-state index >= 15 is 0 Å². The fourth-order valence-corrected chi connectivity index (χ4v) is 2.04. The first-order valence-electron chi connectivity index (χ1n) is 4.86. The summed E-state index contributed by atoms with van der Waals surface area (Å²) < 4.78 is 15.3. The van der Waals surface area contributed by atoms with Crippen LogP contribution in [0.25, 0.3) is 0 Å². The van der Waals surface area contributed by atoms with Crippen LogP contribution < -0.4 is 5.56 Å². The molecule has 0 aliphatic heterocycles. The predicted molar refractivity (Wildman–Crippen MR) is 68.9 cm³/mol. The van der Waals surface area contributed by atoms with Gasteiger partial charge < -0.3 is 4.57 Å². The molecule has 2 aromatic rings. The van der Waals surface area contributed by atoms with E-state index < -0.39 is 5.82 Å². The predicted octanol–water partition coefficient (Wildman–Crippen LogP) is 3.45. The fourth-order valence-electron chi connectivity index (χ4n) is 1.46. The van der Waals surface area contributed by atoms with Gasteiger partial charge in [-0.25, -0.2) is 4.39 Å². The smallest absolute Gasteiger partial charge is 0.250 e. The lowest BCUT2D eigenvalue weighted by molar-refractivity contribution is 0.626. The normalized spacial score (nSPS) is 10.5. The van der Waals surface area contributed by atoms with Crippen LogP contribution in [0.2, 0.25) is 5.02 Å². The van der Waals surface area contributed by atoms with Crippen LogP contribution in [-0.2, 0) is 6.54 Å². The van der Waals surface area contributed by atoms with Crippen molar-refractivity contribution in [3.63, 3.8) is 0 Å². The molecule has 0 saturated heterocycles. The van der Waals surface area contributed by atoms with Gasteiger partial charge in [-0.1, -0.05) is 17.7 Å². The Morgan fingerprint density at radius 2 is 2.06 bits per heavy atom. The summed E-state index contributed by atoms with van der Waals surface area (Å²) in [6, 6.07) is 7.56. The molecule has 0 N–H and O–H groups in total. The van der Waals surface area contributed by atoms with Gasteiger partial charge in [-0.3, -0.25) is 4.79 Å². The van der Waals surface area contributed by atoms with E-state index in [0.29, 0.717) is 6.54 Å². The molecule has 0 atom stereocenters. The third kappa shape index (κ3) is 2.96. The topological polar surface area (TPSA) is 22.0 Å². The van der Waals surface area contributed by atoms with Gasteiger partial charge in [0, 0.05) is 16.7 Å². The van der Waals surface area contributed by atoms with Crippen molar-refractivity contribution in [3.8, 4) is 0 Å². The number of benzene rings is 1. The van der Waals surface area contributed by atoms with Gasteiger partial charge in [0.25, 0.3) is 5.56 Å². The second kappa shape index (κ2) is 5.02. The molecule has 5 heteroatoms. The molecule has 1 aromatic carbocycles. The zero-order chi connectivity index (χ0) is 12.4. The highest BCUT2D eigenvalue weighted by atomic mass is 79.9. The van der Waals surface area contributed by atoms with E-state index in [2.05, 4.69) is 15.9 Å². The van der Waals surface area contributed by atoms with Gasteiger partial charge in [-0.05, 0) is 39.7 Å². The number of hydrogen-bond donors (Lipinski definition) is 0. The van der Waals surface area contributed by atoms with Crippen LogP contribution >= 0.6 is 27.5 Å². The van der Waals surface area contributed by atoms with Crippen molar-refractivity contribution < 1.29 is 4.39 Å². The molecular formula is C12H8BrClFNO. The maximum Gasteiger partial charge on any atom is 0.250 e. The van der Waals surface area contributed by atoms with Gasteiger partial charge in [0.2, 0.25) is 0 Å². The average molecular weight is 317 g/mol. The Balaban J connectivity index is 2.34. The van der Waals surface area contributed by atoms with E-state index in [4.69, 9.17) is 11.6 Å². The maximum absolute atomic E-state index is 13.0. The minimum atomic E-state index is -0.461. The Kier molecular flexibility index (Phi) is 3.64. The summed E-state index contributed by atoms with van der Waals surface area (Å²) >= 11 is 8.97. The Labute approximate surface area is 111 Å². The fraction of sp³-hybridized carbons (Fsp3) is 0.0833. The van der Waals surface area contributed by atoms with Crippen LogP contribution in [0.5, 0.6) is 0 Å². The lowest BCUT2D eigenvalue weighted by Crippen LogP contribution is -2.18. The molecule has 2 nitrogen and oxygen atoms in total. The van der Waals surface area contributed by atoms with Crippen molar-refractivity contribution in [1.29, 1.82) is 0 Å². The van der Waals surface area contributed by atoms with Crippen molar-refractivity contribution in [3.05, 3.63) is 67.8 Å². The highest BCUT2D eigenvalue weighted by Gasteiger charge is 2.03. The summed E-state index contributed by atoms with van der Waals surface area (Å²) in [4.78, 5) is 11.6. The molecule has 0 radical (unpaired) electrons. The molecule has 0 aliphatic carbocycles. The van der Waals surface area contributed by atoms with Crippen molar-refractivity contribution >= 4 is 27.5 Å². The zero-order valence-electron chi connectivity index (χ0n) is 8.66. The summed E-state index contributed by atoms with van der Waals surface area (Å²) in [6.07, 6.45) is 1.68. The van der Waals surface area contributed by atoms with E-state index in [1.807, 2.05) is 0 Å². The molecule has 1 heterocycles. The molecule has 0 bridgehead atoms. The van der Waals surface area contributed by atoms with Crippen LogP contribution in [0.4, 0.5) is 4.39 Å². The molecule has 0 spiro atoms. The number of hydrogen-bond acceptors (Lipinski definition) is 1. The van der Waals surface area contributed by atoms with E-state index in [1.165, 1.54) is 22.8 Å². The molecule has 1 aromatic heterocycles. The van der Waals surface area contributed by atoms with E-state index in [0.717, 1.165) is 10.0 Å². The largest absolute Gasteiger partial charge is 0.310 e. The summed E-state index contributed by atoms with van der Waals surface area (Å²) in [7, 11) is 0. The minimum absolute atomic E-state index is 0.0607. The molecule has 88 valence electrons. The lowest BCUT2D eigenvalue weighted by atomic mass is 10.2. The summed E-state index contributed by atoms with van der Waals surface area (Å²) in [6.45, 7) is 0.359. The average Bonchev–Trinajstić information content (AvgIpc) is 2.29. The second-order valence-corrected chi connectivity index (χ2v) is 4.88. The van der Waals surface area contributed by atoms with Gasteiger partial charge in [0.05, 0.1) is 11.6 Å². The molecule has 0 unspecified atom stereocenters. The molecule has 0 saturated carbocycles. The van der Waals surface area contributed by atoms with Crippen LogP contribution in [0.1, 0.15) is 5.56 Å². The van der Waals surface area contributed by atoms with Crippen LogP contribution in [0.3, 0.4) is 0 Å². The van der Waals surface area contributed by atoms with Crippen LogP contribution in [0, 0.1) is 5.82 Å². The van der Waals surface area contributed by atoms with Crippen LogP contribution in [0.15, 0.2) is 45.8 Å². The zero-order valence-corrected chi connectivity index (χ0v) is 11.0. The lowest BCUT2D eigenvalue weighted by Gasteiger charge is -2.06. The first-order chi connectivity index (χ1) is 8.06. The van der Waals surface area contributed by atoms with Crippen molar-refractivity contribution in [1.82, 2.24) is 4.57 Å². The molecule has 0 fully saturated rings. The Morgan fingerprint density at radius 3 is 2.76 bits per heavy atom. The van der Waals surface area contributed by atoms with Gasteiger partial charge in [0.1, 0.15) is 5.82 Å². The molecule has 0 aliphatic rings. The van der Waals surface area contributed by atoms with Crippen molar-refractivity contribution in [2.24, 2.45) is 0 Å². The first kappa shape index (κ1) is 12.3. The number of nitrogens with zero attached hydrogens (tertiary/aromatic N) is 1. The number of aromatic nitrogens is 1. The highest BCUT2D eigenvalue weighted by Crippen LogP contribution is 2.16. The summed E-state index contributed by atoms with van der Waals surface area (Å²) in [5.41, 5.74) is 0.658. The van der Waals surface area contributed by atoms with Gasteiger partial charge in [0.15, 0.2) is 0 Å². The Hall–Kier alpha value is -1.13. The minimum Gasteiger partial charge on any atom is -0.310 e. The summed E-state index contributed by atoms with van der Waals surface area (Å²) in [5, 5.41) is 0.0607. The van der Waals surface area contributed by atoms with Gasteiger partial charge in [-0.2, -0.15) is 0 Å². The molecule has 0 amide bonds. The number of pyridine rings is 1. The van der Waals surface area contributed by atoms with Gasteiger partial charge >= 0.3 is 0 Å². The van der Waals surface area contributed by atoms with E-state index in [1.54, 1.807) is 18.3 Å². The standard InChI is InChI=1S/C12H8BrClFNO/c13-9-2-4-12(17)16(7-9)6-8-1-3-11(15)10(14)5-8/h1-5,7H,6H2. The number of halogens is 3. The summed E-state index contributed by atoms with van der Waals surface area (Å²) in [5.74, 6) is -0.461. The number of rotatable bonds is 2. The third-order valence-corrected chi connectivity index (χ3v) is 3.04. The van der Waals surface area contributed by atoms with Crippen molar-refractivity contribution in [2.75, 3.05) is 0 Å². The highest BCUT2D eigenvalue weighted by molar-refractivity contribution is 9.10. The molecular weight excluding hydrogens is 308 g/mol. The van der Waals surface area contributed by atoms with Crippen LogP contribution in [-0.4, -0.2) is 4.57 Å². The Bertz CT molecular complexity index is 612. The second-order valence-electron chi connectivity index (χ2n) is 3.56. The third-order valence-electron chi connectivity index (χ3n) is 2.28. The maximum atomic E-state index is 13.0.